The van der Waals surface area contributed by atoms with Crippen molar-refractivity contribution in [3.63, 3.8) is 0 Å². The van der Waals surface area contributed by atoms with Crippen LogP contribution in [0.4, 0.5) is 5.69 Å². The van der Waals surface area contributed by atoms with Gasteiger partial charge in [0, 0.05) is 38.0 Å². The van der Waals surface area contributed by atoms with Gasteiger partial charge in [0.1, 0.15) is 11.4 Å². The predicted octanol–water partition coefficient (Wildman–Crippen LogP) is 2.01. The maximum atomic E-state index is 12.6. The Hall–Kier alpha value is -2.12. The molecule has 7 heteroatoms. The number of thiazole rings is 1. The molecular formula is C18H24N4O2S. The van der Waals surface area contributed by atoms with E-state index in [1.807, 2.05) is 35.4 Å². The van der Waals surface area contributed by atoms with Gasteiger partial charge in [-0.15, -0.1) is 11.3 Å². The van der Waals surface area contributed by atoms with Crippen LogP contribution >= 0.6 is 11.3 Å². The minimum atomic E-state index is 0.0114. The van der Waals surface area contributed by atoms with Crippen molar-refractivity contribution in [1.82, 2.24) is 9.88 Å². The van der Waals surface area contributed by atoms with Crippen molar-refractivity contribution in [3.8, 4) is 5.75 Å². The molecule has 0 aliphatic carbocycles. The summed E-state index contributed by atoms with van der Waals surface area (Å²) in [5.41, 5.74) is 7.18. The maximum absolute atomic E-state index is 12.6. The number of piperazine rings is 1. The second-order valence-corrected chi connectivity index (χ2v) is 6.79. The molecular weight excluding hydrogens is 336 g/mol. The lowest BCUT2D eigenvalue weighted by atomic mass is 10.2. The second-order valence-electron chi connectivity index (χ2n) is 5.85. The van der Waals surface area contributed by atoms with Crippen molar-refractivity contribution >= 4 is 22.9 Å². The SMILES string of the molecule is CCOc1ccccc1N1CCN(C(=O)c2csc(CCN)n2)CC1. The molecule has 0 saturated carbocycles. The van der Waals surface area contributed by atoms with E-state index in [9.17, 15) is 4.79 Å². The molecule has 6 nitrogen and oxygen atoms in total. The highest BCUT2D eigenvalue weighted by molar-refractivity contribution is 7.09. The topological polar surface area (TPSA) is 71.7 Å². The summed E-state index contributed by atoms with van der Waals surface area (Å²) in [6.45, 7) is 6.13. The quantitative estimate of drug-likeness (QED) is 0.853. The molecule has 1 aromatic heterocycles. The van der Waals surface area contributed by atoms with Crippen molar-refractivity contribution in [1.29, 1.82) is 0 Å². The summed E-state index contributed by atoms with van der Waals surface area (Å²) in [5, 5.41) is 2.76. The summed E-state index contributed by atoms with van der Waals surface area (Å²) < 4.78 is 5.72. The van der Waals surface area contributed by atoms with Crippen LogP contribution in [0.25, 0.3) is 0 Å². The van der Waals surface area contributed by atoms with Gasteiger partial charge in [0.25, 0.3) is 5.91 Å². The summed E-state index contributed by atoms with van der Waals surface area (Å²) in [6.07, 6.45) is 0.722. The van der Waals surface area contributed by atoms with Crippen molar-refractivity contribution in [3.05, 3.63) is 40.3 Å². The van der Waals surface area contributed by atoms with Gasteiger partial charge >= 0.3 is 0 Å². The normalized spacial score (nSPS) is 14.6. The average molecular weight is 360 g/mol. The van der Waals surface area contributed by atoms with Gasteiger partial charge < -0.3 is 20.3 Å². The van der Waals surface area contributed by atoms with Crippen LogP contribution in [0.5, 0.6) is 5.75 Å². The maximum Gasteiger partial charge on any atom is 0.273 e. The molecule has 0 unspecified atom stereocenters. The number of ether oxygens (including phenoxy) is 1. The van der Waals surface area contributed by atoms with Crippen LogP contribution in [-0.2, 0) is 6.42 Å². The number of carbonyl (C=O) groups excluding carboxylic acids is 1. The smallest absolute Gasteiger partial charge is 0.273 e. The van der Waals surface area contributed by atoms with Crippen molar-refractivity contribution < 1.29 is 9.53 Å². The summed E-state index contributed by atoms with van der Waals surface area (Å²) in [6, 6.07) is 8.06. The van der Waals surface area contributed by atoms with Crippen LogP contribution < -0.4 is 15.4 Å². The lowest BCUT2D eigenvalue weighted by Crippen LogP contribution is -2.49. The van der Waals surface area contributed by atoms with Crippen molar-refractivity contribution in [2.45, 2.75) is 13.3 Å². The largest absolute Gasteiger partial charge is 0.492 e. The van der Waals surface area contributed by atoms with Gasteiger partial charge in [-0.25, -0.2) is 4.98 Å². The Bertz CT molecular complexity index is 711. The number of carbonyl (C=O) groups is 1. The van der Waals surface area contributed by atoms with Crippen LogP contribution in [0.2, 0.25) is 0 Å². The number of amides is 1. The first-order chi connectivity index (χ1) is 12.2. The third-order valence-electron chi connectivity index (χ3n) is 4.20. The standard InChI is InChI=1S/C18H24N4O2S/c1-2-24-16-6-4-3-5-15(16)21-9-11-22(12-10-21)18(23)14-13-25-17(20-14)7-8-19/h3-6,13H,2,7-12,19H2,1H3. The lowest BCUT2D eigenvalue weighted by molar-refractivity contribution is 0.0741. The van der Waals surface area contributed by atoms with E-state index in [4.69, 9.17) is 10.5 Å². The zero-order chi connectivity index (χ0) is 17.6. The molecule has 2 aromatic rings. The summed E-state index contributed by atoms with van der Waals surface area (Å²) in [7, 11) is 0. The molecule has 1 aromatic carbocycles. The number of anilines is 1. The molecule has 2 N–H and O–H groups in total. The molecule has 134 valence electrons. The van der Waals surface area contributed by atoms with Gasteiger partial charge in [-0.1, -0.05) is 12.1 Å². The Kier molecular flexibility index (Phi) is 5.88. The molecule has 0 atom stereocenters. The van der Waals surface area contributed by atoms with E-state index >= 15 is 0 Å². The number of aromatic nitrogens is 1. The van der Waals surface area contributed by atoms with E-state index in [-0.39, 0.29) is 5.91 Å². The minimum absolute atomic E-state index is 0.0114. The summed E-state index contributed by atoms with van der Waals surface area (Å²) in [4.78, 5) is 21.2. The molecule has 0 spiro atoms. The Morgan fingerprint density at radius 1 is 1.28 bits per heavy atom. The molecule has 0 bridgehead atoms. The number of nitrogens with zero attached hydrogens (tertiary/aromatic N) is 3. The molecule has 1 fully saturated rings. The van der Waals surface area contributed by atoms with Gasteiger partial charge in [0.2, 0.25) is 0 Å². The van der Waals surface area contributed by atoms with Crippen LogP contribution in [0, 0.1) is 0 Å². The average Bonchev–Trinajstić information content (AvgIpc) is 3.11. The number of nitrogens with two attached hydrogens (primary N) is 1. The van der Waals surface area contributed by atoms with Crippen molar-refractivity contribution in [2.75, 3.05) is 44.2 Å². The first-order valence-corrected chi connectivity index (χ1v) is 9.51. The van der Waals surface area contributed by atoms with Crippen LogP contribution in [-0.4, -0.2) is 55.1 Å². The van der Waals surface area contributed by atoms with E-state index in [0.29, 0.717) is 31.9 Å². The molecule has 1 aliphatic rings. The molecule has 1 aliphatic heterocycles. The third kappa shape index (κ3) is 4.11. The van der Waals surface area contributed by atoms with E-state index in [0.717, 1.165) is 36.0 Å². The Balaban J connectivity index is 1.62. The van der Waals surface area contributed by atoms with Gasteiger partial charge in [-0.2, -0.15) is 0 Å². The monoisotopic (exact) mass is 360 g/mol. The first kappa shape index (κ1) is 17.7. The molecule has 3 rings (SSSR count). The lowest BCUT2D eigenvalue weighted by Gasteiger charge is -2.36. The van der Waals surface area contributed by atoms with Crippen LogP contribution in [0.3, 0.4) is 0 Å². The molecule has 1 amide bonds. The number of para-hydroxylation sites is 2. The molecule has 0 radical (unpaired) electrons. The third-order valence-corrected chi connectivity index (χ3v) is 5.11. The van der Waals surface area contributed by atoms with Crippen LogP contribution in [0.15, 0.2) is 29.6 Å². The molecule has 2 heterocycles. The number of rotatable bonds is 6. The zero-order valence-electron chi connectivity index (χ0n) is 14.5. The van der Waals surface area contributed by atoms with Gasteiger partial charge in [-0.05, 0) is 25.6 Å². The van der Waals surface area contributed by atoms with Crippen molar-refractivity contribution in [2.24, 2.45) is 5.73 Å². The molecule has 1 saturated heterocycles. The summed E-state index contributed by atoms with van der Waals surface area (Å²) >= 11 is 1.51. The highest BCUT2D eigenvalue weighted by atomic mass is 32.1. The number of hydrogen-bond donors (Lipinski definition) is 1. The minimum Gasteiger partial charge on any atom is -0.492 e. The Morgan fingerprint density at radius 2 is 2.04 bits per heavy atom. The summed E-state index contributed by atoms with van der Waals surface area (Å²) in [5.74, 6) is 0.910. The van der Waals surface area contributed by atoms with E-state index in [1.165, 1.54) is 11.3 Å². The number of benzene rings is 1. The zero-order valence-corrected chi connectivity index (χ0v) is 15.3. The van der Waals surface area contributed by atoms with E-state index in [2.05, 4.69) is 16.0 Å². The Morgan fingerprint density at radius 3 is 2.76 bits per heavy atom. The second kappa shape index (κ2) is 8.31. The van der Waals surface area contributed by atoms with E-state index in [1.54, 1.807) is 0 Å². The van der Waals surface area contributed by atoms with E-state index < -0.39 is 0 Å². The van der Waals surface area contributed by atoms with Crippen LogP contribution in [0.1, 0.15) is 22.4 Å². The fourth-order valence-corrected chi connectivity index (χ4v) is 3.74. The van der Waals surface area contributed by atoms with Gasteiger partial charge in [0.15, 0.2) is 0 Å². The fraction of sp³-hybridized carbons (Fsp3) is 0.444. The fourth-order valence-electron chi connectivity index (χ4n) is 2.96. The molecule has 25 heavy (non-hydrogen) atoms. The highest BCUT2D eigenvalue weighted by Crippen LogP contribution is 2.29. The van der Waals surface area contributed by atoms with Gasteiger partial charge in [-0.3, -0.25) is 4.79 Å². The first-order valence-electron chi connectivity index (χ1n) is 8.63. The highest BCUT2D eigenvalue weighted by Gasteiger charge is 2.25. The Labute approximate surface area is 152 Å². The van der Waals surface area contributed by atoms with Gasteiger partial charge in [0.05, 0.1) is 17.3 Å². The predicted molar refractivity (Wildman–Crippen MR) is 101 cm³/mol. The number of hydrogen-bond acceptors (Lipinski definition) is 6.